The second kappa shape index (κ2) is 8.48. The van der Waals surface area contributed by atoms with E-state index in [4.69, 9.17) is 4.98 Å². The van der Waals surface area contributed by atoms with Gasteiger partial charge in [0, 0.05) is 67.1 Å². The molecule has 8 nitrogen and oxygen atoms in total. The highest BCUT2D eigenvalue weighted by Crippen LogP contribution is 2.33. The van der Waals surface area contributed by atoms with Crippen LogP contribution in [0.25, 0.3) is 22.4 Å². The van der Waals surface area contributed by atoms with E-state index in [1.807, 2.05) is 19.3 Å². The molecule has 5 heterocycles. The number of aromatic amines is 2. The average molecular weight is 450 g/mol. The quantitative estimate of drug-likeness (QED) is 0.435. The Morgan fingerprint density at radius 3 is 2.81 bits per heavy atom. The van der Waals surface area contributed by atoms with Gasteiger partial charge in [0.15, 0.2) is 10.9 Å². The van der Waals surface area contributed by atoms with E-state index in [9.17, 15) is 4.79 Å². The van der Waals surface area contributed by atoms with E-state index in [1.54, 1.807) is 24.6 Å². The lowest BCUT2D eigenvalue weighted by molar-refractivity contribution is 0.101. The number of anilines is 1. The summed E-state index contributed by atoms with van der Waals surface area (Å²) in [5, 5.41) is 4.23. The summed E-state index contributed by atoms with van der Waals surface area (Å²) in [5.74, 6) is 0.107. The number of hydrogen-bond acceptors (Lipinski definition) is 7. The number of nitrogens with one attached hydrogen (secondary N) is 2. The van der Waals surface area contributed by atoms with Crippen molar-refractivity contribution in [3.8, 4) is 11.4 Å². The van der Waals surface area contributed by atoms with E-state index in [0.717, 1.165) is 83.5 Å². The van der Waals surface area contributed by atoms with E-state index in [-0.39, 0.29) is 5.78 Å². The van der Waals surface area contributed by atoms with Gasteiger partial charge < -0.3 is 14.9 Å². The van der Waals surface area contributed by atoms with E-state index in [0.29, 0.717) is 0 Å². The Balaban J connectivity index is 1.27. The highest BCUT2D eigenvalue weighted by molar-refractivity contribution is 7.14. The fourth-order valence-electron chi connectivity index (χ4n) is 4.63. The van der Waals surface area contributed by atoms with Gasteiger partial charge in [0.25, 0.3) is 0 Å². The number of carbonyl (C=O) groups is 1. The zero-order valence-corrected chi connectivity index (χ0v) is 19.4. The summed E-state index contributed by atoms with van der Waals surface area (Å²) >= 11 is 1.67. The monoisotopic (exact) mass is 449 g/mol. The number of nitrogens with zero attached hydrogens (tertiary/aromatic N) is 5. The summed E-state index contributed by atoms with van der Waals surface area (Å²) in [7, 11) is 0. The second-order valence-corrected chi connectivity index (χ2v) is 9.10. The van der Waals surface area contributed by atoms with Crippen molar-refractivity contribution in [1.82, 2.24) is 29.8 Å². The molecule has 166 valence electrons. The van der Waals surface area contributed by atoms with Crippen molar-refractivity contribution < 1.29 is 4.79 Å². The fraction of sp³-hybridized carbons (Fsp3) is 0.391. The molecule has 9 heteroatoms. The van der Waals surface area contributed by atoms with Crippen LogP contribution in [0.15, 0.2) is 24.1 Å². The number of aromatic nitrogens is 5. The van der Waals surface area contributed by atoms with E-state index in [2.05, 4.69) is 42.0 Å². The third-order valence-corrected chi connectivity index (χ3v) is 7.12. The predicted molar refractivity (Wildman–Crippen MR) is 127 cm³/mol. The Bertz CT molecular complexity index is 1260. The summed E-state index contributed by atoms with van der Waals surface area (Å²) in [6.45, 7) is 10.4. The first-order chi connectivity index (χ1) is 15.5. The maximum atomic E-state index is 12.1. The number of piperazine rings is 1. The van der Waals surface area contributed by atoms with E-state index in [1.165, 1.54) is 5.56 Å². The third-order valence-electron chi connectivity index (χ3n) is 6.22. The minimum Gasteiger partial charge on any atom is -0.356 e. The number of rotatable bonds is 6. The number of ketones is 1. The molecular formula is C23H27N7OS. The normalized spacial score (nSPS) is 15.0. The number of aryl methyl sites for hydroxylation is 1. The highest BCUT2D eigenvalue weighted by Gasteiger charge is 2.23. The molecule has 4 aromatic rings. The van der Waals surface area contributed by atoms with Crippen LogP contribution in [0.2, 0.25) is 0 Å². The zero-order chi connectivity index (χ0) is 22.2. The van der Waals surface area contributed by atoms with Crippen molar-refractivity contribution in [2.75, 3.05) is 31.1 Å². The maximum absolute atomic E-state index is 12.1. The number of Topliss-reactive ketones (excluding diaryl/α,β-unsaturated/α-hetero) is 1. The van der Waals surface area contributed by atoms with Crippen LogP contribution in [0.3, 0.4) is 0 Å². The molecule has 0 amide bonds. The molecular weight excluding hydrogens is 422 g/mol. The summed E-state index contributed by atoms with van der Waals surface area (Å²) in [5.41, 5.74) is 6.85. The van der Waals surface area contributed by atoms with Crippen molar-refractivity contribution in [3.05, 3.63) is 46.5 Å². The smallest absolute Gasteiger partial charge is 0.186 e. The van der Waals surface area contributed by atoms with Gasteiger partial charge in [-0.15, -0.1) is 11.3 Å². The van der Waals surface area contributed by atoms with Crippen LogP contribution in [0.4, 0.5) is 5.13 Å². The summed E-state index contributed by atoms with van der Waals surface area (Å²) in [6, 6.07) is 0. The molecule has 0 aliphatic carbocycles. The molecule has 0 saturated carbocycles. The number of H-pyrrole nitrogens is 2. The first-order valence-corrected chi connectivity index (χ1v) is 11.8. The Morgan fingerprint density at radius 1 is 1.25 bits per heavy atom. The van der Waals surface area contributed by atoms with Crippen molar-refractivity contribution >= 4 is 33.3 Å². The van der Waals surface area contributed by atoms with Gasteiger partial charge in [-0.05, 0) is 31.4 Å². The molecule has 1 aliphatic heterocycles. The topological polar surface area (TPSA) is 93.8 Å². The Hall–Kier alpha value is -3.04. The van der Waals surface area contributed by atoms with E-state index >= 15 is 0 Å². The van der Waals surface area contributed by atoms with Gasteiger partial charge >= 0.3 is 0 Å². The highest BCUT2D eigenvalue weighted by atomic mass is 32.1. The minimum absolute atomic E-state index is 0.107. The molecule has 0 unspecified atom stereocenters. The molecule has 1 fully saturated rings. The van der Waals surface area contributed by atoms with Gasteiger partial charge in [-0.2, -0.15) is 0 Å². The third kappa shape index (κ3) is 3.71. The van der Waals surface area contributed by atoms with Crippen molar-refractivity contribution in [2.45, 2.75) is 33.7 Å². The maximum Gasteiger partial charge on any atom is 0.186 e. The molecule has 1 aliphatic rings. The number of carbonyl (C=O) groups excluding carboxylic acids is 1. The van der Waals surface area contributed by atoms with Gasteiger partial charge in [-0.3, -0.25) is 9.69 Å². The molecule has 32 heavy (non-hydrogen) atoms. The number of fused-ring (bicyclic) bond motifs is 1. The van der Waals surface area contributed by atoms with Gasteiger partial charge in [-0.25, -0.2) is 15.0 Å². The number of thiazole rings is 1. The molecule has 0 atom stereocenters. The lowest BCUT2D eigenvalue weighted by Gasteiger charge is -2.34. The lowest BCUT2D eigenvalue weighted by Crippen LogP contribution is -2.45. The summed E-state index contributed by atoms with van der Waals surface area (Å²) in [4.78, 5) is 36.9. The van der Waals surface area contributed by atoms with Gasteiger partial charge in [0.1, 0.15) is 17.7 Å². The first kappa shape index (κ1) is 20.8. The molecule has 0 bridgehead atoms. The van der Waals surface area contributed by atoms with Crippen LogP contribution in [-0.4, -0.2) is 61.8 Å². The standard InChI is InChI=1S/C23H27N7OS/c1-4-17-20(15(3)31)14(2)27-21(17)19-12-32-23(28-19)30-7-5-29(6-8-30)11-16-9-25-22-18(16)10-24-13-26-22/h9-10,12-13,27H,4-8,11H2,1-3H3,(H,24,25,26). The van der Waals surface area contributed by atoms with Crippen molar-refractivity contribution in [2.24, 2.45) is 0 Å². The minimum atomic E-state index is 0.107. The van der Waals surface area contributed by atoms with Crippen LogP contribution >= 0.6 is 11.3 Å². The zero-order valence-electron chi connectivity index (χ0n) is 18.6. The summed E-state index contributed by atoms with van der Waals surface area (Å²) in [6.07, 6.45) is 6.30. The predicted octanol–water partition coefficient (Wildman–Crippen LogP) is 3.81. The Labute approximate surface area is 190 Å². The van der Waals surface area contributed by atoms with Crippen LogP contribution in [-0.2, 0) is 13.0 Å². The second-order valence-electron chi connectivity index (χ2n) is 8.27. The molecule has 0 spiro atoms. The van der Waals surface area contributed by atoms with Crippen LogP contribution in [0, 0.1) is 6.92 Å². The Morgan fingerprint density at radius 2 is 2.06 bits per heavy atom. The van der Waals surface area contributed by atoms with Crippen LogP contribution in [0.1, 0.15) is 41.0 Å². The van der Waals surface area contributed by atoms with Gasteiger partial charge in [-0.1, -0.05) is 6.92 Å². The largest absolute Gasteiger partial charge is 0.356 e. The molecule has 2 N–H and O–H groups in total. The Kier molecular flexibility index (Phi) is 5.52. The fourth-order valence-corrected chi connectivity index (χ4v) is 5.50. The average Bonchev–Trinajstić information content (AvgIpc) is 3.51. The van der Waals surface area contributed by atoms with Crippen LogP contribution in [0.5, 0.6) is 0 Å². The van der Waals surface area contributed by atoms with Crippen molar-refractivity contribution in [3.63, 3.8) is 0 Å². The van der Waals surface area contributed by atoms with Crippen LogP contribution < -0.4 is 4.90 Å². The summed E-state index contributed by atoms with van der Waals surface area (Å²) < 4.78 is 0. The SMILES string of the molecule is CCc1c(-c2csc(N3CCN(Cc4c[nH]c5ncncc45)CC3)n2)[nH]c(C)c1C(C)=O. The molecule has 0 aromatic carbocycles. The first-order valence-electron chi connectivity index (χ1n) is 11.0. The van der Waals surface area contributed by atoms with Gasteiger partial charge in [0.2, 0.25) is 0 Å². The van der Waals surface area contributed by atoms with Crippen molar-refractivity contribution in [1.29, 1.82) is 0 Å². The molecule has 4 aromatic heterocycles. The number of hydrogen-bond donors (Lipinski definition) is 2. The lowest BCUT2D eigenvalue weighted by atomic mass is 10.0. The molecule has 5 rings (SSSR count). The van der Waals surface area contributed by atoms with Gasteiger partial charge in [0.05, 0.1) is 5.69 Å². The van der Waals surface area contributed by atoms with E-state index < -0.39 is 0 Å². The molecule has 0 radical (unpaired) electrons. The molecule has 1 saturated heterocycles.